The maximum Gasteiger partial charge on any atom is 0.263 e. The monoisotopic (exact) mass is 422 g/mol. The molecule has 0 fully saturated rings. The summed E-state index contributed by atoms with van der Waals surface area (Å²) in [5, 5.41) is 10.00. The molecule has 2 aromatic heterocycles. The molecule has 0 saturated carbocycles. The number of nitrogens with zero attached hydrogens (tertiary/aromatic N) is 4. The van der Waals surface area contributed by atoms with Crippen LogP contribution in [0.4, 0.5) is 0 Å². The van der Waals surface area contributed by atoms with Crippen LogP contribution in [-0.4, -0.2) is 38.6 Å². The molecule has 4 rings (SSSR count). The normalized spacial score (nSPS) is 11.1. The van der Waals surface area contributed by atoms with E-state index in [4.69, 9.17) is 9.47 Å². The fourth-order valence-electron chi connectivity index (χ4n) is 3.21. The smallest absolute Gasteiger partial charge is 0.263 e. The van der Waals surface area contributed by atoms with E-state index >= 15 is 0 Å². The molecular formula is C22H22N4O3S. The fraction of sp³-hybridized carbons (Fsp3) is 0.227. The maximum absolute atomic E-state index is 12.8. The van der Waals surface area contributed by atoms with Gasteiger partial charge in [0.1, 0.15) is 11.5 Å². The number of methoxy groups -OCH3 is 1. The van der Waals surface area contributed by atoms with Crippen LogP contribution >= 0.6 is 11.8 Å². The van der Waals surface area contributed by atoms with Crippen LogP contribution in [0, 0.1) is 0 Å². The lowest BCUT2D eigenvalue weighted by atomic mass is 10.2. The first kappa shape index (κ1) is 20.0. The highest BCUT2D eigenvalue weighted by Gasteiger charge is 2.15. The molecule has 7 nitrogen and oxygen atoms in total. The predicted octanol–water partition coefficient (Wildman–Crippen LogP) is 3.80. The van der Waals surface area contributed by atoms with Crippen molar-refractivity contribution in [2.24, 2.45) is 0 Å². The lowest BCUT2D eigenvalue weighted by Gasteiger charge is -2.10. The van der Waals surface area contributed by atoms with Gasteiger partial charge < -0.3 is 9.47 Å². The Hall–Kier alpha value is -3.26. The van der Waals surface area contributed by atoms with E-state index in [-0.39, 0.29) is 5.56 Å². The van der Waals surface area contributed by atoms with Crippen molar-refractivity contribution >= 4 is 28.4 Å². The van der Waals surface area contributed by atoms with E-state index in [1.165, 1.54) is 0 Å². The molecular weight excluding hydrogens is 400 g/mol. The Morgan fingerprint density at radius 3 is 2.63 bits per heavy atom. The molecule has 0 saturated heterocycles. The number of benzene rings is 2. The third-order valence-corrected chi connectivity index (χ3v) is 5.65. The van der Waals surface area contributed by atoms with E-state index in [1.54, 1.807) is 29.5 Å². The molecule has 4 aromatic rings. The van der Waals surface area contributed by atoms with Crippen molar-refractivity contribution in [1.29, 1.82) is 0 Å². The van der Waals surface area contributed by atoms with Gasteiger partial charge in [-0.2, -0.15) is 0 Å². The van der Waals surface area contributed by atoms with Gasteiger partial charge in [0.15, 0.2) is 5.16 Å². The van der Waals surface area contributed by atoms with E-state index < -0.39 is 0 Å². The largest absolute Gasteiger partial charge is 0.497 e. The van der Waals surface area contributed by atoms with Crippen molar-refractivity contribution < 1.29 is 9.47 Å². The van der Waals surface area contributed by atoms with Gasteiger partial charge in [-0.1, -0.05) is 30.0 Å². The molecule has 0 aliphatic carbocycles. The molecule has 0 aliphatic rings. The third kappa shape index (κ3) is 3.91. The van der Waals surface area contributed by atoms with Gasteiger partial charge in [0.2, 0.25) is 5.78 Å². The van der Waals surface area contributed by atoms with Crippen molar-refractivity contribution in [1.82, 2.24) is 19.2 Å². The quantitative estimate of drug-likeness (QED) is 0.232. The summed E-state index contributed by atoms with van der Waals surface area (Å²) in [7, 11) is 1.64. The molecule has 8 heteroatoms. The van der Waals surface area contributed by atoms with Crippen LogP contribution in [0.15, 0.2) is 71.1 Å². The van der Waals surface area contributed by atoms with E-state index in [1.807, 2.05) is 52.9 Å². The zero-order valence-electron chi connectivity index (χ0n) is 16.7. The zero-order valence-corrected chi connectivity index (χ0v) is 17.5. The summed E-state index contributed by atoms with van der Waals surface area (Å²) in [6, 6.07) is 15.1. The van der Waals surface area contributed by atoms with E-state index in [9.17, 15) is 4.79 Å². The third-order valence-electron chi connectivity index (χ3n) is 4.64. The Morgan fingerprint density at radius 1 is 1.10 bits per heavy atom. The molecule has 0 bridgehead atoms. The topological polar surface area (TPSA) is 70.7 Å². The van der Waals surface area contributed by atoms with Gasteiger partial charge in [0, 0.05) is 12.3 Å². The van der Waals surface area contributed by atoms with Gasteiger partial charge in [-0.3, -0.25) is 13.8 Å². The van der Waals surface area contributed by atoms with Crippen molar-refractivity contribution in [2.45, 2.75) is 18.1 Å². The summed E-state index contributed by atoms with van der Waals surface area (Å²) in [6.07, 6.45) is 2.53. The summed E-state index contributed by atoms with van der Waals surface area (Å²) < 4.78 is 14.5. The number of allylic oxidation sites excluding steroid dienone is 1. The highest BCUT2D eigenvalue weighted by atomic mass is 32.2. The maximum atomic E-state index is 12.8. The molecule has 0 N–H and O–H groups in total. The summed E-state index contributed by atoms with van der Waals surface area (Å²) in [5.41, 5.74) is 0.717. The first-order chi connectivity index (χ1) is 14.7. The van der Waals surface area contributed by atoms with E-state index in [2.05, 4.69) is 16.8 Å². The number of hydrogen-bond donors (Lipinski definition) is 0. The van der Waals surface area contributed by atoms with Gasteiger partial charge in [-0.05, 0) is 42.8 Å². The van der Waals surface area contributed by atoms with Gasteiger partial charge >= 0.3 is 0 Å². The predicted molar refractivity (Wildman–Crippen MR) is 119 cm³/mol. The SMILES string of the molecule is C=CCn1c(=O)c2ccccc2n2c(SCCCOc3ccc(OC)cc3)nnc12. The minimum atomic E-state index is -0.0881. The Morgan fingerprint density at radius 2 is 1.87 bits per heavy atom. The molecule has 0 unspecified atom stereocenters. The average molecular weight is 423 g/mol. The van der Waals surface area contributed by atoms with Crippen LogP contribution in [0.5, 0.6) is 11.5 Å². The highest BCUT2D eigenvalue weighted by Crippen LogP contribution is 2.22. The average Bonchev–Trinajstić information content (AvgIpc) is 3.21. The Bertz CT molecular complexity index is 1230. The first-order valence-electron chi connectivity index (χ1n) is 9.60. The van der Waals surface area contributed by atoms with Crippen molar-refractivity contribution in [3.8, 4) is 11.5 Å². The lowest BCUT2D eigenvalue weighted by Crippen LogP contribution is -2.22. The number of para-hydroxylation sites is 1. The van der Waals surface area contributed by atoms with Gasteiger partial charge in [-0.25, -0.2) is 0 Å². The summed E-state index contributed by atoms with van der Waals surface area (Å²) in [6.45, 7) is 4.73. The van der Waals surface area contributed by atoms with E-state index in [0.717, 1.165) is 34.3 Å². The molecule has 154 valence electrons. The summed E-state index contributed by atoms with van der Waals surface area (Å²) in [4.78, 5) is 12.8. The van der Waals surface area contributed by atoms with Gasteiger partial charge in [0.25, 0.3) is 5.56 Å². The van der Waals surface area contributed by atoms with Crippen molar-refractivity contribution in [2.75, 3.05) is 19.5 Å². The molecule has 0 spiro atoms. The second-order valence-electron chi connectivity index (χ2n) is 6.57. The Balaban J connectivity index is 1.49. The standard InChI is InChI=1S/C22H22N4O3S/c1-3-13-25-20(27)18-7-4-5-8-19(18)26-21(25)23-24-22(26)30-15-6-14-29-17-11-9-16(28-2)10-12-17/h3-5,7-12H,1,6,13-15H2,2H3. The van der Waals surface area contributed by atoms with Crippen molar-refractivity contribution in [3.05, 3.63) is 71.5 Å². The van der Waals surface area contributed by atoms with Crippen LogP contribution in [0.3, 0.4) is 0 Å². The van der Waals surface area contributed by atoms with Crippen LogP contribution < -0.4 is 15.0 Å². The van der Waals surface area contributed by atoms with Crippen LogP contribution in [0.1, 0.15) is 6.42 Å². The highest BCUT2D eigenvalue weighted by molar-refractivity contribution is 7.99. The molecule has 30 heavy (non-hydrogen) atoms. The summed E-state index contributed by atoms with van der Waals surface area (Å²) >= 11 is 1.59. The number of thioether (sulfide) groups is 1. The first-order valence-corrected chi connectivity index (χ1v) is 10.6. The second kappa shape index (κ2) is 9.04. The number of ether oxygens (including phenoxy) is 2. The molecule has 0 radical (unpaired) electrons. The van der Waals surface area contributed by atoms with Crippen LogP contribution in [0.25, 0.3) is 16.7 Å². The minimum Gasteiger partial charge on any atom is -0.497 e. The molecule has 2 aromatic carbocycles. The lowest BCUT2D eigenvalue weighted by molar-refractivity contribution is 0.318. The summed E-state index contributed by atoms with van der Waals surface area (Å²) in [5.74, 6) is 2.95. The van der Waals surface area contributed by atoms with E-state index in [0.29, 0.717) is 24.3 Å². The minimum absolute atomic E-state index is 0.0881. The number of hydrogen-bond acceptors (Lipinski definition) is 6. The van der Waals surface area contributed by atoms with Crippen LogP contribution in [0.2, 0.25) is 0 Å². The molecule has 2 heterocycles. The van der Waals surface area contributed by atoms with Gasteiger partial charge in [-0.15, -0.1) is 16.8 Å². The molecule has 0 amide bonds. The number of aromatic nitrogens is 4. The second-order valence-corrected chi connectivity index (χ2v) is 7.63. The van der Waals surface area contributed by atoms with Crippen LogP contribution in [-0.2, 0) is 6.54 Å². The Kier molecular flexibility index (Phi) is 6.04. The number of fused-ring (bicyclic) bond motifs is 3. The van der Waals surface area contributed by atoms with Crippen molar-refractivity contribution in [3.63, 3.8) is 0 Å². The molecule has 0 atom stereocenters. The Labute approximate surface area is 178 Å². The fourth-order valence-corrected chi connectivity index (χ4v) is 4.06. The van der Waals surface area contributed by atoms with Gasteiger partial charge in [0.05, 0.1) is 24.6 Å². The molecule has 0 aliphatic heterocycles. The number of rotatable bonds is 9. The zero-order chi connectivity index (χ0) is 20.9.